The van der Waals surface area contributed by atoms with Gasteiger partial charge in [-0.25, -0.2) is 0 Å². The maximum absolute atomic E-state index is 6.33. The van der Waals surface area contributed by atoms with Crippen molar-refractivity contribution in [1.82, 2.24) is 5.32 Å². The number of rotatable bonds is 3. The van der Waals surface area contributed by atoms with Crippen molar-refractivity contribution in [3.8, 4) is 0 Å². The lowest BCUT2D eigenvalue weighted by molar-refractivity contribution is 0.703. The van der Waals surface area contributed by atoms with Gasteiger partial charge < -0.3 is 5.32 Å². The van der Waals surface area contributed by atoms with E-state index in [-0.39, 0.29) is 6.04 Å². The Morgan fingerprint density at radius 3 is 2.50 bits per heavy atom. The summed E-state index contributed by atoms with van der Waals surface area (Å²) in [6.45, 7) is 4.20. The Morgan fingerprint density at radius 2 is 2.06 bits per heavy atom. The van der Waals surface area contributed by atoms with Crippen LogP contribution < -0.4 is 5.32 Å². The summed E-state index contributed by atoms with van der Waals surface area (Å²) in [6.07, 6.45) is 0. The van der Waals surface area contributed by atoms with Crippen molar-refractivity contribution in [2.45, 2.75) is 19.9 Å². The highest BCUT2D eigenvalue weighted by molar-refractivity contribution is 7.11. The molecule has 2 aromatic rings. The van der Waals surface area contributed by atoms with E-state index in [4.69, 9.17) is 11.6 Å². The fourth-order valence-electron chi connectivity index (χ4n) is 1.77. The molecule has 1 N–H and O–H groups in total. The fourth-order valence-corrected chi connectivity index (χ4v) is 3.94. The molecule has 0 spiro atoms. The zero-order chi connectivity index (χ0) is 11.7. The van der Waals surface area contributed by atoms with Gasteiger partial charge in [0.2, 0.25) is 0 Å². The van der Waals surface area contributed by atoms with E-state index in [0.717, 1.165) is 10.6 Å². The Hall–Kier alpha value is -0.350. The highest BCUT2D eigenvalue weighted by Crippen LogP contribution is 2.37. The smallest absolute Gasteiger partial charge is 0.0694 e. The SMILES string of the molecule is CNC(c1ccsc1C)c1scc(C)c1Cl. The maximum Gasteiger partial charge on any atom is 0.0694 e. The van der Waals surface area contributed by atoms with Crippen LogP contribution in [-0.4, -0.2) is 7.05 Å². The van der Waals surface area contributed by atoms with Gasteiger partial charge in [-0.1, -0.05) is 11.6 Å². The summed E-state index contributed by atoms with van der Waals surface area (Å²) in [6, 6.07) is 2.39. The summed E-state index contributed by atoms with van der Waals surface area (Å²) in [5.74, 6) is 0. The first kappa shape index (κ1) is 12.1. The van der Waals surface area contributed by atoms with E-state index in [1.807, 2.05) is 7.05 Å². The van der Waals surface area contributed by atoms with Crippen LogP contribution in [0.1, 0.15) is 26.9 Å². The summed E-state index contributed by atoms with van der Waals surface area (Å²) in [7, 11) is 1.98. The Morgan fingerprint density at radius 1 is 1.31 bits per heavy atom. The van der Waals surface area contributed by atoms with Gasteiger partial charge in [-0.2, -0.15) is 0 Å². The zero-order valence-corrected chi connectivity index (χ0v) is 11.9. The van der Waals surface area contributed by atoms with Crippen LogP contribution in [0.5, 0.6) is 0 Å². The van der Waals surface area contributed by atoms with Crippen molar-refractivity contribution in [2.75, 3.05) is 7.05 Å². The molecular weight excluding hydrogens is 258 g/mol. The van der Waals surface area contributed by atoms with Gasteiger partial charge in [-0.3, -0.25) is 0 Å². The van der Waals surface area contributed by atoms with Crippen LogP contribution in [0.3, 0.4) is 0 Å². The monoisotopic (exact) mass is 271 g/mol. The molecule has 0 bridgehead atoms. The van der Waals surface area contributed by atoms with Crippen LogP contribution in [0.4, 0.5) is 0 Å². The van der Waals surface area contributed by atoms with Crippen molar-refractivity contribution < 1.29 is 0 Å². The van der Waals surface area contributed by atoms with Crippen molar-refractivity contribution in [1.29, 1.82) is 0 Å². The molecule has 2 heterocycles. The average molecular weight is 272 g/mol. The minimum Gasteiger partial charge on any atom is -0.309 e. The van der Waals surface area contributed by atoms with E-state index in [1.165, 1.54) is 15.3 Å². The van der Waals surface area contributed by atoms with Gasteiger partial charge in [0.05, 0.1) is 11.1 Å². The molecule has 0 saturated carbocycles. The summed E-state index contributed by atoms with van der Waals surface area (Å²) in [4.78, 5) is 2.56. The highest BCUT2D eigenvalue weighted by atomic mass is 35.5. The van der Waals surface area contributed by atoms with Gasteiger partial charge in [-0.05, 0) is 48.8 Å². The van der Waals surface area contributed by atoms with Crippen molar-refractivity contribution in [3.63, 3.8) is 0 Å². The zero-order valence-electron chi connectivity index (χ0n) is 9.50. The number of hydrogen-bond donors (Lipinski definition) is 1. The van der Waals surface area contributed by atoms with Crippen LogP contribution in [-0.2, 0) is 0 Å². The van der Waals surface area contributed by atoms with Gasteiger partial charge >= 0.3 is 0 Å². The molecule has 0 aliphatic rings. The minimum atomic E-state index is 0.220. The Balaban J connectivity index is 2.45. The summed E-state index contributed by atoms with van der Waals surface area (Å²) >= 11 is 9.83. The topological polar surface area (TPSA) is 12.0 Å². The first-order valence-electron chi connectivity index (χ1n) is 5.10. The van der Waals surface area contributed by atoms with Crippen LogP contribution >= 0.6 is 34.3 Å². The lowest BCUT2D eigenvalue weighted by Crippen LogP contribution is -2.16. The minimum absolute atomic E-state index is 0.220. The molecule has 0 aliphatic carbocycles. The largest absolute Gasteiger partial charge is 0.309 e. The van der Waals surface area contributed by atoms with Gasteiger partial charge in [0.1, 0.15) is 0 Å². The number of aryl methyl sites for hydroxylation is 2. The number of halogens is 1. The summed E-state index contributed by atoms with van der Waals surface area (Å²) < 4.78 is 0. The quantitative estimate of drug-likeness (QED) is 0.873. The van der Waals surface area contributed by atoms with E-state index in [9.17, 15) is 0 Å². The first-order chi connectivity index (χ1) is 7.65. The van der Waals surface area contributed by atoms with E-state index in [2.05, 4.69) is 36.0 Å². The molecule has 1 atom stereocenters. The van der Waals surface area contributed by atoms with E-state index < -0.39 is 0 Å². The Labute approximate surface area is 109 Å². The molecule has 1 nitrogen and oxygen atoms in total. The van der Waals surface area contributed by atoms with Crippen molar-refractivity contribution >= 4 is 34.3 Å². The molecule has 0 radical (unpaired) electrons. The molecule has 0 aliphatic heterocycles. The molecule has 0 aromatic carbocycles. The molecule has 86 valence electrons. The summed E-state index contributed by atoms with van der Waals surface area (Å²) in [5, 5.41) is 8.49. The second-order valence-electron chi connectivity index (χ2n) is 3.75. The number of nitrogens with one attached hydrogen (secondary N) is 1. The van der Waals surface area contributed by atoms with Gasteiger partial charge in [0, 0.05) is 9.75 Å². The molecule has 4 heteroatoms. The van der Waals surface area contributed by atoms with E-state index in [1.54, 1.807) is 22.7 Å². The predicted molar refractivity (Wildman–Crippen MR) is 74.0 cm³/mol. The third-order valence-electron chi connectivity index (χ3n) is 2.69. The third-order valence-corrected chi connectivity index (χ3v) is 5.33. The normalized spacial score (nSPS) is 13.0. The molecule has 2 aromatic heterocycles. The standard InChI is InChI=1S/C12H14ClNS2/c1-7-6-16-12(10(7)13)11(14-3)9-4-5-15-8(9)2/h4-6,11,14H,1-3H3. The average Bonchev–Trinajstić information content (AvgIpc) is 2.81. The first-order valence-corrected chi connectivity index (χ1v) is 7.23. The fraction of sp³-hybridized carbons (Fsp3) is 0.333. The lowest BCUT2D eigenvalue weighted by Gasteiger charge is -2.15. The highest BCUT2D eigenvalue weighted by Gasteiger charge is 2.20. The molecule has 1 unspecified atom stereocenters. The number of hydrogen-bond acceptors (Lipinski definition) is 3. The van der Waals surface area contributed by atoms with Crippen molar-refractivity contribution in [2.24, 2.45) is 0 Å². The molecule has 0 amide bonds. The van der Waals surface area contributed by atoms with Gasteiger partial charge in [0.25, 0.3) is 0 Å². The second-order valence-corrected chi connectivity index (χ2v) is 6.16. The van der Waals surface area contributed by atoms with Crippen LogP contribution in [0.25, 0.3) is 0 Å². The van der Waals surface area contributed by atoms with Crippen LogP contribution in [0.15, 0.2) is 16.8 Å². The van der Waals surface area contributed by atoms with Crippen molar-refractivity contribution in [3.05, 3.63) is 42.7 Å². The predicted octanol–water partition coefficient (Wildman–Crippen LogP) is 4.39. The molecule has 2 rings (SSSR count). The molecule has 16 heavy (non-hydrogen) atoms. The molecule has 0 fully saturated rings. The van der Waals surface area contributed by atoms with Gasteiger partial charge in [-0.15, -0.1) is 22.7 Å². The Kier molecular flexibility index (Phi) is 3.70. The number of thiophene rings is 2. The third kappa shape index (κ3) is 2.05. The van der Waals surface area contributed by atoms with E-state index in [0.29, 0.717) is 0 Å². The molecular formula is C12H14ClNS2. The summed E-state index contributed by atoms with van der Waals surface area (Å²) in [5.41, 5.74) is 2.49. The van der Waals surface area contributed by atoms with E-state index >= 15 is 0 Å². The van der Waals surface area contributed by atoms with Gasteiger partial charge in [0.15, 0.2) is 0 Å². The maximum atomic E-state index is 6.33. The van der Waals surface area contributed by atoms with Crippen LogP contribution in [0.2, 0.25) is 5.02 Å². The Bertz CT molecular complexity index is 487. The van der Waals surface area contributed by atoms with Crippen LogP contribution in [0, 0.1) is 13.8 Å². The molecule has 0 saturated heterocycles. The lowest BCUT2D eigenvalue weighted by atomic mass is 10.1. The second kappa shape index (κ2) is 4.88.